The SMILES string of the molecule is CCCc1cc(C(=O)NCCC(C)S(C)=O)cc(N)n1. The Morgan fingerprint density at radius 2 is 2.20 bits per heavy atom. The Labute approximate surface area is 122 Å². The van der Waals surface area contributed by atoms with E-state index in [4.69, 9.17) is 5.73 Å². The fraction of sp³-hybridized carbons (Fsp3) is 0.571. The molecule has 1 amide bonds. The van der Waals surface area contributed by atoms with E-state index in [-0.39, 0.29) is 11.2 Å². The molecule has 0 fully saturated rings. The van der Waals surface area contributed by atoms with E-state index in [1.807, 2.05) is 6.92 Å². The molecule has 6 heteroatoms. The summed E-state index contributed by atoms with van der Waals surface area (Å²) in [6, 6.07) is 3.35. The van der Waals surface area contributed by atoms with Gasteiger partial charge in [0.05, 0.1) is 0 Å². The van der Waals surface area contributed by atoms with E-state index in [0.717, 1.165) is 18.5 Å². The quantitative estimate of drug-likeness (QED) is 0.798. The van der Waals surface area contributed by atoms with E-state index in [0.29, 0.717) is 24.3 Å². The first-order valence-electron chi connectivity index (χ1n) is 6.81. The molecule has 0 aromatic carbocycles. The van der Waals surface area contributed by atoms with Crippen molar-refractivity contribution in [2.75, 3.05) is 18.5 Å². The monoisotopic (exact) mass is 297 g/mol. The molecule has 3 N–H and O–H groups in total. The molecule has 0 saturated carbocycles. The smallest absolute Gasteiger partial charge is 0.251 e. The lowest BCUT2D eigenvalue weighted by Gasteiger charge is -2.10. The lowest BCUT2D eigenvalue weighted by Crippen LogP contribution is -2.27. The van der Waals surface area contributed by atoms with Gasteiger partial charge in [0.15, 0.2) is 0 Å². The predicted octanol–water partition coefficient (Wildman–Crippen LogP) is 1.50. The summed E-state index contributed by atoms with van der Waals surface area (Å²) in [7, 11) is -0.861. The van der Waals surface area contributed by atoms with Crippen molar-refractivity contribution in [3.05, 3.63) is 23.4 Å². The van der Waals surface area contributed by atoms with Crippen LogP contribution < -0.4 is 11.1 Å². The Balaban J connectivity index is 2.61. The zero-order chi connectivity index (χ0) is 15.1. The van der Waals surface area contributed by atoms with Gasteiger partial charge in [0.1, 0.15) is 5.82 Å². The third-order valence-electron chi connectivity index (χ3n) is 3.07. The average molecular weight is 297 g/mol. The maximum Gasteiger partial charge on any atom is 0.251 e. The summed E-state index contributed by atoms with van der Waals surface area (Å²) in [6.07, 6.45) is 4.12. The molecule has 5 nitrogen and oxygen atoms in total. The van der Waals surface area contributed by atoms with E-state index < -0.39 is 10.8 Å². The minimum absolute atomic E-state index is 0.0773. The first-order chi connectivity index (χ1) is 9.43. The molecule has 2 atom stereocenters. The third-order valence-corrected chi connectivity index (χ3v) is 4.44. The summed E-state index contributed by atoms with van der Waals surface area (Å²) in [4.78, 5) is 16.2. The molecule has 20 heavy (non-hydrogen) atoms. The second kappa shape index (κ2) is 7.99. The van der Waals surface area contributed by atoms with Crippen LogP contribution in [0.1, 0.15) is 42.7 Å². The van der Waals surface area contributed by atoms with Gasteiger partial charge in [-0.2, -0.15) is 0 Å². The second-order valence-corrected chi connectivity index (χ2v) is 6.68. The summed E-state index contributed by atoms with van der Waals surface area (Å²) in [5, 5.41) is 2.90. The van der Waals surface area contributed by atoms with Gasteiger partial charge in [-0.05, 0) is 25.0 Å². The highest BCUT2D eigenvalue weighted by Gasteiger charge is 2.10. The fourth-order valence-corrected chi connectivity index (χ4v) is 2.23. The Morgan fingerprint density at radius 1 is 1.50 bits per heavy atom. The van der Waals surface area contributed by atoms with Crippen molar-refractivity contribution in [2.24, 2.45) is 0 Å². The Kier molecular flexibility index (Phi) is 6.64. The maximum atomic E-state index is 12.0. The molecule has 1 rings (SSSR count). The number of carbonyl (C=O) groups excluding carboxylic acids is 1. The lowest BCUT2D eigenvalue weighted by atomic mass is 10.1. The van der Waals surface area contributed by atoms with E-state index in [2.05, 4.69) is 17.2 Å². The number of nitrogens with zero attached hydrogens (tertiary/aromatic N) is 1. The Morgan fingerprint density at radius 3 is 2.80 bits per heavy atom. The fourth-order valence-electron chi connectivity index (χ4n) is 1.78. The van der Waals surface area contributed by atoms with E-state index in [1.165, 1.54) is 0 Å². The van der Waals surface area contributed by atoms with Gasteiger partial charge in [0.25, 0.3) is 5.91 Å². The number of amides is 1. The molecular weight excluding hydrogens is 274 g/mol. The molecule has 0 spiro atoms. The molecule has 0 saturated heterocycles. The first kappa shape index (κ1) is 16.6. The summed E-state index contributed by atoms with van der Waals surface area (Å²) < 4.78 is 11.2. The van der Waals surface area contributed by atoms with Gasteiger partial charge in [-0.25, -0.2) is 4.98 Å². The van der Waals surface area contributed by atoms with Gasteiger partial charge in [-0.1, -0.05) is 20.3 Å². The number of aromatic nitrogens is 1. The van der Waals surface area contributed by atoms with Gasteiger partial charge in [0, 0.05) is 40.1 Å². The predicted molar refractivity (Wildman–Crippen MR) is 83.1 cm³/mol. The minimum atomic E-state index is -0.861. The van der Waals surface area contributed by atoms with E-state index in [1.54, 1.807) is 18.4 Å². The van der Waals surface area contributed by atoms with Crippen LogP contribution in [0.25, 0.3) is 0 Å². The number of hydrogen-bond donors (Lipinski definition) is 2. The van der Waals surface area contributed by atoms with Gasteiger partial charge in [0.2, 0.25) is 0 Å². The number of anilines is 1. The molecule has 0 radical (unpaired) electrons. The standard InChI is InChI=1S/C14H23N3O2S/c1-4-5-12-8-11(9-13(15)17-12)14(18)16-7-6-10(2)20(3)19/h8-10H,4-7H2,1-3H3,(H2,15,17)(H,16,18). The highest BCUT2D eigenvalue weighted by atomic mass is 32.2. The molecule has 2 unspecified atom stereocenters. The summed E-state index contributed by atoms with van der Waals surface area (Å²) in [6.45, 7) is 4.47. The summed E-state index contributed by atoms with van der Waals surface area (Å²) in [5.74, 6) is 0.203. The van der Waals surface area contributed by atoms with E-state index in [9.17, 15) is 9.00 Å². The van der Waals surface area contributed by atoms with Crippen LogP contribution >= 0.6 is 0 Å². The topological polar surface area (TPSA) is 85.1 Å². The molecule has 1 aromatic heterocycles. The van der Waals surface area contributed by atoms with Gasteiger partial charge in [-0.15, -0.1) is 0 Å². The van der Waals surface area contributed by atoms with Crippen LogP contribution in [-0.2, 0) is 17.2 Å². The lowest BCUT2D eigenvalue weighted by molar-refractivity contribution is 0.0953. The van der Waals surface area contributed by atoms with Crippen LogP contribution in [0.2, 0.25) is 0 Å². The zero-order valence-corrected chi connectivity index (χ0v) is 13.1. The molecule has 112 valence electrons. The van der Waals surface area contributed by atoms with Crippen molar-refractivity contribution in [3.8, 4) is 0 Å². The first-order valence-corrected chi connectivity index (χ1v) is 8.43. The summed E-state index contributed by atoms with van der Waals surface area (Å²) >= 11 is 0. The largest absolute Gasteiger partial charge is 0.384 e. The molecule has 0 aliphatic rings. The number of carbonyl (C=O) groups is 1. The highest BCUT2D eigenvalue weighted by molar-refractivity contribution is 7.84. The normalized spacial score (nSPS) is 13.8. The minimum Gasteiger partial charge on any atom is -0.384 e. The van der Waals surface area contributed by atoms with Crippen molar-refractivity contribution >= 4 is 22.5 Å². The summed E-state index contributed by atoms with van der Waals surface area (Å²) in [5.41, 5.74) is 7.08. The van der Waals surface area contributed by atoms with Crippen molar-refractivity contribution in [3.63, 3.8) is 0 Å². The number of aryl methyl sites for hydroxylation is 1. The van der Waals surface area contributed by atoms with Crippen LogP contribution in [0, 0.1) is 0 Å². The number of pyridine rings is 1. The number of nitrogens with one attached hydrogen (secondary N) is 1. The molecular formula is C14H23N3O2S. The Bertz CT molecular complexity index is 491. The number of nitrogen functional groups attached to an aromatic ring is 1. The number of rotatable bonds is 7. The van der Waals surface area contributed by atoms with Crippen LogP contribution in [0.4, 0.5) is 5.82 Å². The molecule has 1 heterocycles. The molecule has 0 aliphatic heterocycles. The van der Waals surface area contributed by atoms with Crippen molar-refractivity contribution < 1.29 is 9.00 Å². The molecule has 1 aromatic rings. The van der Waals surface area contributed by atoms with Gasteiger partial charge < -0.3 is 11.1 Å². The third kappa shape index (κ3) is 5.28. The zero-order valence-electron chi connectivity index (χ0n) is 12.3. The maximum absolute atomic E-state index is 12.0. The molecule has 0 aliphatic carbocycles. The average Bonchev–Trinajstić information content (AvgIpc) is 2.38. The van der Waals surface area contributed by atoms with Crippen LogP contribution in [-0.4, -0.2) is 33.2 Å². The van der Waals surface area contributed by atoms with Gasteiger partial charge in [-0.3, -0.25) is 9.00 Å². The van der Waals surface area contributed by atoms with Crippen LogP contribution in [0.3, 0.4) is 0 Å². The van der Waals surface area contributed by atoms with Crippen molar-refractivity contribution in [1.82, 2.24) is 10.3 Å². The van der Waals surface area contributed by atoms with Crippen LogP contribution in [0.5, 0.6) is 0 Å². The molecule has 0 bridgehead atoms. The van der Waals surface area contributed by atoms with Crippen molar-refractivity contribution in [1.29, 1.82) is 0 Å². The highest BCUT2D eigenvalue weighted by Crippen LogP contribution is 2.10. The number of nitrogens with two attached hydrogens (primary N) is 1. The van der Waals surface area contributed by atoms with Crippen molar-refractivity contribution in [2.45, 2.75) is 38.4 Å². The van der Waals surface area contributed by atoms with E-state index >= 15 is 0 Å². The number of hydrogen-bond acceptors (Lipinski definition) is 4. The van der Waals surface area contributed by atoms with Crippen LogP contribution in [0.15, 0.2) is 12.1 Å². The van der Waals surface area contributed by atoms with Gasteiger partial charge >= 0.3 is 0 Å². The second-order valence-electron chi connectivity index (χ2n) is 4.88. The Hall–Kier alpha value is -1.43.